The quantitative estimate of drug-likeness (QED) is 0.767. The maximum absolute atomic E-state index is 13.3. The van der Waals surface area contributed by atoms with Crippen LogP contribution in [0.3, 0.4) is 0 Å². The van der Waals surface area contributed by atoms with E-state index in [0.29, 0.717) is 5.02 Å². The Labute approximate surface area is 80.2 Å². The van der Waals surface area contributed by atoms with E-state index in [4.69, 9.17) is 22.2 Å². The largest absolute Gasteiger partial charge is 0.494 e. The minimum absolute atomic E-state index is 0.0389. The molecule has 72 valence electrons. The van der Waals surface area contributed by atoms with Crippen molar-refractivity contribution < 1.29 is 14.0 Å². The first kappa shape index (κ1) is 10.2. The van der Waals surface area contributed by atoms with Crippen molar-refractivity contribution in [3.05, 3.63) is 28.5 Å². The third-order valence-electron chi connectivity index (χ3n) is 1.54. The lowest BCUT2D eigenvalue weighted by molar-refractivity contribution is 0.121. The van der Waals surface area contributed by atoms with E-state index in [0.717, 1.165) is 0 Å². The number of nitrogens with two attached hydrogens (primary N) is 1. The number of hydrogen-bond acceptors (Lipinski definition) is 3. The van der Waals surface area contributed by atoms with Gasteiger partial charge in [0, 0.05) is 16.7 Å². The first-order chi connectivity index (χ1) is 6.19. The second kappa shape index (κ2) is 4.41. The van der Waals surface area contributed by atoms with E-state index in [-0.39, 0.29) is 17.9 Å². The highest BCUT2D eigenvalue weighted by Crippen LogP contribution is 2.25. The van der Waals surface area contributed by atoms with E-state index in [1.807, 2.05) is 0 Å². The van der Waals surface area contributed by atoms with Gasteiger partial charge >= 0.3 is 0 Å². The summed E-state index contributed by atoms with van der Waals surface area (Å²) in [4.78, 5) is 4.31. The number of ether oxygens (including phenoxy) is 1. The van der Waals surface area contributed by atoms with Gasteiger partial charge in [0.25, 0.3) is 0 Å². The van der Waals surface area contributed by atoms with E-state index in [1.165, 1.54) is 19.2 Å². The molecule has 0 atom stereocenters. The molecule has 0 spiro atoms. The Bertz CT molecular complexity index is 306. The molecule has 2 N–H and O–H groups in total. The molecule has 3 nitrogen and oxygen atoms in total. The minimum Gasteiger partial charge on any atom is -0.494 e. The summed E-state index contributed by atoms with van der Waals surface area (Å²) in [7, 11) is 1.36. The van der Waals surface area contributed by atoms with Crippen molar-refractivity contribution in [1.82, 2.24) is 0 Å². The molecule has 0 aliphatic heterocycles. The van der Waals surface area contributed by atoms with Gasteiger partial charge in [-0.25, -0.2) is 10.3 Å². The van der Waals surface area contributed by atoms with Gasteiger partial charge in [-0.3, -0.25) is 4.84 Å². The van der Waals surface area contributed by atoms with Crippen LogP contribution in [0.5, 0.6) is 5.75 Å². The molecule has 0 aromatic heterocycles. The number of methoxy groups -OCH3 is 1. The molecule has 0 radical (unpaired) electrons. The number of hydrogen-bond donors (Lipinski definition) is 1. The zero-order chi connectivity index (χ0) is 9.84. The van der Waals surface area contributed by atoms with E-state index in [9.17, 15) is 4.39 Å². The summed E-state index contributed by atoms with van der Waals surface area (Å²) in [5.74, 6) is 4.40. The number of rotatable bonds is 3. The van der Waals surface area contributed by atoms with Crippen LogP contribution < -0.4 is 10.6 Å². The van der Waals surface area contributed by atoms with Crippen molar-refractivity contribution in [3.63, 3.8) is 0 Å². The molecule has 1 aromatic rings. The van der Waals surface area contributed by atoms with Crippen molar-refractivity contribution in [2.24, 2.45) is 5.90 Å². The van der Waals surface area contributed by atoms with Crippen LogP contribution in [-0.2, 0) is 11.4 Å². The highest BCUT2D eigenvalue weighted by atomic mass is 35.5. The Morgan fingerprint density at radius 2 is 2.23 bits per heavy atom. The topological polar surface area (TPSA) is 44.5 Å². The average Bonchev–Trinajstić information content (AvgIpc) is 2.11. The Morgan fingerprint density at radius 1 is 1.54 bits per heavy atom. The van der Waals surface area contributed by atoms with Gasteiger partial charge in [0.1, 0.15) is 0 Å². The summed E-state index contributed by atoms with van der Waals surface area (Å²) in [6.45, 7) is -0.0389. The molecule has 0 heterocycles. The molecule has 13 heavy (non-hydrogen) atoms. The summed E-state index contributed by atoms with van der Waals surface area (Å²) >= 11 is 5.69. The van der Waals surface area contributed by atoms with Crippen molar-refractivity contribution in [2.75, 3.05) is 7.11 Å². The fraction of sp³-hybridized carbons (Fsp3) is 0.250. The predicted octanol–water partition coefficient (Wildman–Crippen LogP) is 1.88. The van der Waals surface area contributed by atoms with Gasteiger partial charge in [-0.05, 0) is 6.07 Å². The molecular formula is C8H9ClFNO2. The first-order valence-electron chi connectivity index (χ1n) is 3.52. The van der Waals surface area contributed by atoms with Gasteiger partial charge in [-0.2, -0.15) is 0 Å². The highest BCUT2D eigenvalue weighted by molar-refractivity contribution is 6.30. The normalized spacial score (nSPS) is 10.2. The molecule has 0 unspecified atom stereocenters. The van der Waals surface area contributed by atoms with Crippen molar-refractivity contribution in [2.45, 2.75) is 6.61 Å². The molecule has 1 rings (SSSR count). The molecule has 5 heteroatoms. The van der Waals surface area contributed by atoms with Crippen LogP contribution in [-0.4, -0.2) is 7.11 Å². The van der Waals surface area contributed by atoms with Crippen molar-refractivity contribution in [3.8, 4) is 5.75 Å². The zero-order valence-corrected chi connectivity index (χ0v) is 7.77. The lowest BCUT2D eigenvalue weighted by atomic mass is 10.2. The molecule has 0 aliphatic carbocycles. The van der Waals surface area contributed by atoms with Gasteiger partial charge in [0.15, 0.2) is 11.6 Å². The summed E-state index contributed by atoms with van der Waals surface area (Å²) < 4.78 is 18.1. The SMILES string of the molecule is COc1cc(Cl)cc(CON)c1F. The van der Waals surface area contributed by atoms with Crippen molar-refractivity contribution in [1.29, 1.82) is 0 Å². The van der Waals surface area contributed by atoms with Gasteiger partial charge in [0.2, 0.25) is 0 Å². The maximum atomic E-state index is 13.3. The van der Waals surface area contributed by atoms with Gasteiger partial charge in [-0.1, -0.05) is 11.6 Å². The summed E-state index contributed by atoms with van der Waals surface area (Å²) in [6, 6.07) is 2.82. The standard InChI is InChI=1S/C8H9ClFNO2/c1-12-7-3-6(9)2-5(4-13-11)8(7)10/h2-3H,4,11H2,1H3. The van der Waals surface area contributed by atoms with Crippen molar-refractivity contribution >= 4 is 11.6 Å². The van der Waals surface area contributed by atoms with Crippen LogP contribution in [0.25, 0.3) is 0 Å². The molecule has 0 aliphatic rings. The van der Waals surface area contributed by atoms with Crippen LogP contribution in [0.15, 0.2) is 12.1 Å². The minimum atomic E-state index is -0.502. The van der Waals surface area contributed by atoms with E-state index < -0.39 is 5.82 Å². The Morgan fingerprint density at radius 3 is 2.77 bits per heavy atom. The second-order valence-electron chi connectivity index (χ2n) is 2.39. The Balaban J connectivity index is 3.11. The fourth-order valence-corrected chi connectivity index (χ4v) is 1.19. The average molecular weight is 206 g/mol. The van der Waals surface area contributed by atoms with Gasteiger partial charge in [-0.15, -0.1) is 0 Å². The smallest absolute Gasteiger partial charge is 0.170 e. The van der Waals surface area contributed by atoms with E-state index >= 15 is 0 Å². The summed E-state index contributed by atoms with van der Waals surface area (Å²) in [6.07, 6.45) is 0. The monoisotopic (exact) mass is 205 g/mol. The summed E-state index contributed by atoms with van der Waals surface area (Å²) in [5, 5.41) is 0.380. The molecule has 1 aromatic carbocycles. The van der Waals surface area contributed by atoms with Gasteiger partial charge in [0.05, 0.1) is 13.7 Å². The fourth-order valence-electron chi connectivity index (χ4n) is 0.962. The number of benzene rings is 1. The predicted molar refractivity (Wildman–Crippen MR) is 46.9 cm³/mol. The van der Waals surface area contributed by atoms with Gasteiger partial charge < -0.3 is 4.74 Å². The van der Waals surface area contributed by atoms with Crippen LogP contribution in [0.1, 0.15) is 5.56 Å². The Kier molecular flexibility index (Phi) is 3.48. The van der Waals surface area contributed by atoms with Crippen LogP contribution in [0.2, 0.25) is 5.02 Å². The first-order valence-corrected chi connectivity index (χ1v) is 3.90. The van der Waals surface area contributed by atoms with E-state index in [1.54, 1.807) is 0 Å². The highest BCUT2D eigenvalue weighted by Gasteiger charge is 2.10. The lowest BCUT2D eigenvalue weighted by Gasteiger charge is -2.06. The number of halogens is 2. The molecule has 0 saturated heterocycles. The second-order valence-corrected chi connectivity index (χ2v) is 2.83. The van der Waals surface area contributed by atoms with E-state index in [2.05, 4.69) is 4.84 Å². The van der Waals surface area contributed by atoms with Crippen LogP contribution >= 0.6 is 11.6 Å². The third-order valence-corrected chi connectivity index (χ3v) is 1.76. The molecule has 0 saturated carbocycles. The molecule has 0 fully saturated rings. The molecule has 0 bridgehead atoms. The van der Waals surface area contributed by atoms with Crippen LogP contribution in [0, 0.1) is 5.82 Å². The molecule has 0 amide bonds. The third kappa shape index (κ3) is 2.30. The molecular weight excluding hydrogens is 197 g/mol. The maximum Gasteiger partial charge on any atom is 0.170 e. The van der Waals surface area contributed by atoms with Crippen LogP contribution in [0.4, 0.5) is 4.39 Å². The zero-order valence-electron chi connectivity index (χ0n) is 7.01. The lowest BCUT2D eigenvalue weighted by Crippen LogP contribution is -2.02. The Hall–Kier alpha value is -0.840. The summed E-state index contributed by atoms with van der Waals surface area (Å²) in [5.41, 5.74) is 0.270.